The van der Waals surface area contributed by atoms with Gasteiger partial charge in [0.15, 0.2) is 0 Å². The van der Waals surface area contributed by atoms with Gasteiger partial charge in [-0.25, -0.2) is 0 Å². The number of fused-ring (bicyclic) bond motifs is 1. The van der Waals surface area contributed by atoms with E-state index < -0.39 is 17.8 Å². The number of nitrogens with zero attached hydrogens (tertiary/aromatic N) is 1. The number of hydrogen-bond acceptors (Lipinski definition) is 4. The molecule has 1 aliphatic heterocycles. The van der Waals surface area contributed by atoms with Crippen molar-refractivity contribution in [3.8, 4) is 11.5 Å². The third-order valence-electron chi connectivity index (χ3n) is 5.98. The number of alkyl halides is 3. The van der Waals surface area contributed by atoms with Crippen molar-refractivity contribution < 1.29 is 28.1 Å². The number of aliphatic hydroxyl groups excluding tert-OH is 1. The summed E-state index contributed by atoms with van der Waals surface area (Å²) in [5, 5.41) is 19.8. The Kier molecular flexibility index (Phi) is 6.62. The largest absolute Gasteiger partial charge is 0.508 e. The molecular formula is C23H28F3NO3. The van der Waals surface area contributed by atoms with Gasteiger partial charge in [0.2, 0.25) is 0 Å². The number of phenolic OH excluding ortho intramolecular Hbond substituents is 1. The maximum absolute atomic E-state index is 12.7. The molecule has 1 aliphatic carbocycles. The molecule has 2 N–H and O–H groups in total. The maximum atomic E-state index is 12.7. The lowest BCUT2D eigenvalue weighted by molar-refractivity contribution is -0.137. The van der Waals surface area contributed by atoms with Crippen molar-refractivity contribution in [3.05, 3.63) is 59.7 Å². The van der Waals surface area contributed by atoms with Crippen LogP contribution < -0.4 is 4.74 Å². The molecule has 3 atom stereocenters. The van der Waals surface area contributed by atoms with Crippen LogP contribution in [0.2, 0.25) is 0 Å². The number of aliphatic hydroxyl groups is 1. The van der Waals surface area contributed by atoms with Crippen molar-refractivity contribution in [2.75, 3.05) is 19.6 Å². The molecule has 7 heteroatoms. The Hall–Kier alpha value is -2.25. The molecule has 0 radical (unpaired) electrons. The maximum Gasteiger partial charge on any atom is 0.416 e. The van der Waals surface area contributed by atoms with Crippen molar-refractivity contribution >= 4 is 0 Å². The molecule has 2 aliphatic rings. The van der Waals surface area contributed by atoms with E-state index in [2.05, 4.69) is 4.90 Å². The number of phenols is 1. The summed E-state index contributed by atoms with van der Waals surface area (Å²) in [4.78, 5) is 2.25. The molecule has 2 fully saturated rings. The molecule has 4 rings (SSSR count). The summed E-state index contributed by atoms with van der Waals surface area (Å²) in [6, 6.07) is 11.5. The standard InChI is InChI=1S/C22H24F3NO3.CH4/c23-22(24,25)17-3-7-19(8-4-17)29-20-9-15-11-26(12-16(15)10-20)13-21(28)14-1-5-18(27)6-2-14;/h1-8,15-16,20-21,27-28H,9-13H2;1H4. The van der Waals surface area contributed by atoms with Crippen LogP contribution in [-0.4, -0.2) is 40.9 Å². The second kappa shape index (κ2) is 8.86. The zero-order valence-corrected chi connectivity index (χ0v) is 15.8. The molecule has 164 valence electrons. The van der Waals surface area contributed by atoms with E-state index in [9.17, 15) is 23.4 Å². The monoisotopic (exact) mass is 423 g/mol. The number of aromatic hydroxyl groups is 1. The van der Waals surface area contributed by atoms with Crippen LogP contribution in [0.5, 0.6) is 11.5 Å². The highest BCUT2D eigenvalue weighted by Crippen LogP contribution is 2.40. The minimum absolute atomic E-state index is 0. The predicted molar refractivity (Wildman–Crippen MR) is 108 cm³/mol. The number of rotatable bonds is 5. The van der Waals surface area contributed by atoms with E-state index >= 15 is 0 Å². The lowest BCUT2D eigenvalue weighted by Gasteiger charge is -2.22. The molecule has 0 aromatic heterocycles. The number of ether oxygens (including phenoxy) is 1. The van der Waals surface area contributed by atoms with Gasteiger partial charge in [-0.15, -0.1) is 0 Å². The first kappa shape index (κ1) is 22.4. The predicted octanol–water partition coefficient (Wildman–Crippen LogP) is 4.87. The first-order valence-electron chi connectivity index (χ1n) is 9.81. The van der Waals surface area contributed by atoms with E-state index in [-0.39, 0.29) is 19.3 Å². The Morgan fingerprint density at radius 1 is 0.967 bits per heavy atom. The normalized spacial score (nSPS) is 24.9. The highest BCUT2D eigenvalue weighted by Gasteiger charge is 2.42. The van der Waals surface area contributed by atoms with Crippen LogP contribution in [0.4, 0.5) is 13.2 Å². The van der Waals surface area contributed by atoms with E-state index in [1.165, 1.54) is 12.1 Å². The zero-order chi connectivity index (χ0) is 20.6. The highest BCUT2D eigenvalue weighted by molar-refractivity contribution is 5.29. The Morgan fingerprint density at radius 2 is 1.53 bits per heavy atom. The van der Waals surface area contributed by atoms with Crippen LogP contribution in [0.3, 0.4) is 0 Å². The molecule has 0 spiro atoms. The summed E-state index contributed by atoms with van der Waals surface area (Å²) >= 11 is 0. The van der Waals surface area contributed by atoms with Gasteiger partial charge in [0, 0.05) is 19.6 Å². The van der Waals surface area contributed by atoms with Crippen LogP contribution >= 0.6 is 0 Å². The van der Waals surface area contributed by atoms with Gasteiger partial charge in [-0.2, -0.15) is 13.2 Å². The Morgan fingerprint density at radius 3 is 2.07 bits per heavy atom. The SMILES string of the molecule is C.Oc1ccc(C(O)CN2CC3CC(Oc4ccc(C(F)(F)F)cc4)CC3C2)cc1. The second-order valence-corrected chi connectivity index (χ2v) is 8.08. The van der Waals surface area contributed by atoms with Gasteiger partial charge in [0.25, 0.3) is 0 Å². The summed E-state index contributed by atoms with van der Waals surface area (Å²) in [6.07, 6.45) is -3.17. The summed E-state index contributed by atoms with van der Waals surface area (Å²) in [6.45, 7) is 2.31. The Bertz CT molecular complexity index is 809. The number of benzene rings is 2. The summed E-state index contributed by atoms with van der Waals surface area (Å²) in [5.41, 5.74) is 0.111. The number of hydrogen-bond donors (Lipinski definition) is 2. The van der Waals surface area contributed by atoms with E-state index in [1.54, 1.807) is 24.3 Å². The van der Waals surface area contributed by atoms with Crippen molar-refractivity contribution in [1.82, 2.24) is 4.90 Å². The van der Waals surface area contributed by atoms with E-state index in [0.29, 0.717) is 24.1 Å². The fourth-order valence-corrected chi connectivity index (χ4v) is 4.55. The zero-order valence-electron chi connectivity index (χ0n) is 15.8. The van der Waals surface area contributed by atoms with Crippen molar-refractivity contribution in [2.45, 2.75) is 38.7 Å². The van der Waals surface area contributed by atoms with Crippen molar-refractivity contribution in [2.24, 2.45) is 11.8 Å². The molecule has 1 heterocycles. The highest BCUT2D eigenvalue weighted by atomic mass is 19.4. The fraction of sp³-hybridized carbons (Fsp3) is 0.478. The Labute approximate surface area is 174 Å². The quantitative estimate of drug-likeness (QED) is 0.721. The molecule has 4 nitrogen and oxygen atoms in total. The van der Waals surface area contributed by atoms with Crippen molar-refractivity contribution in [3.63, 3.8) is 0 Å². The molecule has 1 saturated heterocycles. The van der Waals surface area contributed by atoms with Gasteiger partial charge in [0.05, 0.1) is 17.8 Å². The number of β-amino-alcohol motifs (C(OH)–C–C–N with tert-alkyl or cyclic N) is 1. The lowest BCUT2D eigenvalue weighted by atomic mass is 10.0. The smallest absolute Gasteiger partial charge is 0.416 e. The van der Waals surface area contributed by atoms with E-state index in [0.717, 1.165) is 43.6 Å². The van der Waals surface area contributed by atoms with Crippen LogP contribution in [0, 0.1) is 11.8 Å². The van der Waals surface area contributed by atoms with Gasteiger partial charge in [-0.05, 0) is 66.6 Å². The Balaban J connectivity index is 0.00000256. The molecule has 0 bridgehead atoms. The first-order valence-corrected chi connectivity index (χ1v) is 9.81. The molecule has 0 amide bonds. The number of halogens is 3. The number of likely N-dealkylation sites (tertiary alicyclic amines) is 1. The molecule has 30 heavy (non-hydrogen) atoms. The minimum atomic E-state index is -4.34. The fourth-order valence-electron chi connectivity index (χ4n) is 4.55. The average molecular weight is 423 g/mol. The van der Waals surface area contributed by atoms with Crippen LogP contribution in [-0.2, 0) is 6.18 Å². The molecule has 2 aromatic carbocycles. The summed E-state index contributed by atoms with van der Waals surface area (Å²) in [5.74, 6) is 1.60. The second-order valence-electron chi connectivity index (χ2n) is 8.08. The summed E-state index contributed by atoms with van der Waals surface area (Å²) in [7, 11) is 0. The third kappa shape index (κ3) is 5.08. The van der Waals surface area contributed by atoms with Crippen LogP contribution in [0.15, 0.2) is 48.5 Å². The first-order chi connectivity index (χ1) is 13.8. The molecule has 1 saturated carbocycles. The van der Waals surface area contributed by atoms with Crippen LogP contribution in [0.1, 0.15) is 37.5 Å². The molecular weight excluding hydrogens is 395 g/mol. The van der Waals surface area contributed by atoms with Gasteiger partial charge in [0.1, 0.15) is 11.5 Å². The van der Waals surface area contributed by atoms with Gasteiger partial charge < -0.3 is 14.9 Å². The summed E-state index contributed by atoms with van der Waals surface area (Å²) < 4.78 is 43.9. The van der Waals surface area contributed by atoms with Crippen LogP contribution in [0.25, 0.3) is 0 Å². The lowest BCUT2D eigenvalue weighted by Crippen LogP contribution is -2.28. The van der Waals surface area contributed by atoms with E-state index in [1.807, 2.05) is 0 Å². The minimum Gasteiger partial charge on any atom is -0.508 e. The van der Waals surface area contributed by atoms with Gasteiger partial charge in [-0.3, -0.25) is 4.90 Å². The molecule has 3 unspecified atom stereocenters. The van der Waals surface area contributed by atoms with Crippen molar-refractivity contribution in [1.29, 1.82) is 0 Å². The van der Waals surface area contributed by atoms with E-state index in [4.69, 9.17) is 4.74 Å². The topological polar surface area (TPSA) is 52.9 Å². The average Bonchev–Trinajstić information content (AvgIpc) is 3.19. The van der Waals surface area contributed by atoms with Gasteiger partial charge >= 0.3 is 6.18 Å². The molecule has 2 aromatic rings. The van der Waals surface area contributed by atoms with Gasteiger partial charge in [-0.1, -0.05) is 19.6 Å². The third-order valence-corrected chi connectivity index (χ3v) is 5.98.